The number of nitriles is 1. The number of hydrogen-bond donors (Lipinski definition) is 1. The Balaban J connectivity index is 1.91. The highest BCUT2D eigenvalue weighted by Gasteiger charge is 2.32. The maximum absolute atomic E-state index is 12.8. The normalized spacial score (nSPS) is 13.2. The van der Waals surface area contributed by atoms with Gasteiger partial charge in [0.15, 0.2) is 11.5 Å². The Morgan fingerprint density at radius 2 is 1.93 bits per heavy atom. The molecule has 0 aliphatic carbocycles. The monoisotopic (exact) mass is 411 g/mol. The highest BCUT2D eigenvalue weighted by Crippen LogP contribution is 2.37. The lowest BCUT2D eigenvalue weighted by molar-refractivity contribution is 0.0576. The molecule has 0 unspecified atom stereocenters. The summed E-state index contributed by atoms with van der Waals surface area (Å²) in [5.41, 5.74) is 1.19. The van der Waals surface area contributed by atoms with E-state index in [1.54, 1.807) is 40.9 Å². The molecule has 0 spiro atoms. The summed E-state index contributed by atoms with van der Waals surface area (Å²) in [6.07, 6.45) is 1.94. The zero-order chi connectivity index (χ0) is 21.0. The largest absolute Gasteiger partial charge is 0.493 e. The van der Waals surface area contributed by atoms with E-state index in [9.17, 15) is 9.59 Å². The van der Waals surface area contributed by atoms with Crippen molar-refractivity contribution in [2.75, 3.05) is 38.9 Å². The van der Waals surface area contributed by atoms with E-state index in [0.717, 1.165) is 4.90 Å². The predicted octanol–water partition coefficient (Wildman–Crippen LogP) is 3.27. The van der Waals surface area contributed by atoms with Crippen LogP contribution in [0.5, 0.6) is 11.5 Å². The average molecular weight is 411 g/mol. The first-order valence-electron chi connectivity index (χ1n) is 8.91. The van der Waals surface area contributed by atoms with Gasteiger partial charge in [0.05, 0.1) is 31.9 Å². The molecule has 0 atom stereocenters. The summed E-state index contributed by atoms with van der Waals surface area (Å²) in [5, 5.41) is 11.7. The molecule has 29 heavy (non-hydrogen) atoms. The van der Waals surface area contributed by atoms with Gasteiger partial charge in [0.2, 0.25) is 0 Å². The number of amides is 2. The van der Waals surface area contributed by atoms with Gasteiger partial charge in [0, 0.05) is 29.1 Å². The molecule has 0 aromatic heterocycles. The molecule has 2 aromatic rings. The van der Waals surface area contributed by atoms with E-state index in [-0.39, 0.29) is 17.7 Å². The third kappa shape index (κ3) is 4.30. The molecular weight excluding hydrogens is 390 g/mol. The zero-order valence-electron chi connectivity index (χ0n) is 16.4. The smallest absolute Gasteiger partial charge is 0.255 e. The second-order valence-electron chi connectivity index (χ2n) is 6.48. The number of nitrogens with one attached hydrogen (secondary N) is 1. The van der Waals surface area contributed by atoms with E-state index in [1.807, 2.05) is 18.4 Å². The highest BCUT2D eigenvalue weighted by molar-refractivity contribution is 7.98. The number of thioether (sulfide) groups is 1. The van der Waals surface area contributed by atoms with E-state index in [0.29, 0.717) is 41.4 Å². The van der Waals surface area contributed by atoms with Crippen molar-refractivity contribution < 1.29 is 19.1 Å². The Labute approximate surface area is 173 Å². The maximum atomic E-state index is 12.8. The van der Waals surface area contributed by atoms with Gasteiger partial charge < -0.3 is 19.7 Å². The topological polar surface area (TPSA) is 91.7 Å². The van der Waals surface area contributed by atoms with Crippen molar-refractivity contribution in [3.63, 3.8) is 0 Å². The van der Waals surface area contributed by atoms with Crippen molar-refractivity contribution in [2.45, 2.75) is 4.90 Å². The van der Waals surface area contributed by atoms with Crippen molar-refractivity contribution in [3.8, 4) is 17.6 Å². The first-order chi connectivity index (χ1) is 14.0. The van der Waals surface area contributed by atoms with Gasteiger partial charge in [-0.3, -0.25) is 9.59 Å². The van der Waals surface area contributed by atoms with Crippen LogP contribution >= 0.6 is 11.8 Å². The molecule has 1 aliphatic rings. The molecule has 8 heteroatoms. The van der Waals surface area contributed by atoms with Crippen LogP contribution in [0.1, 0.15) is 20.7 Å². The molecule has 2 aromatic carbocycles. The van der Waals surface area contributed by atoms with Crippen LogP contribution in [0.25, 0.3) is 0 Å². The summed E-state index contributed by atoms with van der Waals surface area (Å²) in [5.74, 6) is -0.0144. The highest BCUT2D eigenvalue weighted by atomic mass is 32.2. The molecule has 1 N–H and O–H groups in total. The number of likely N-dealkylation sites (tertiary alicyclic amines) is 1. The minimum Gasteiger partial charge on any atom is -0.493 e. The fraction of sp³-hybridized carbons (Fsp3) is 0.286. The summed E-state index contributed by atoms with van der Waals surface area (Å²) in [7, 11) is 2.94. The molecule has 3 rings (SSSR count). The molecule has 7 nitrogen and oxygen atoms in total. The van der Waals surface area contributed by atoms with Crippen molar-refractivity contribution in [2.24, 2.45) is 5.92 Å². The minimum absolute atomic E-state index is 0.137. The van der Waals surface area contributed by atoms with E-state index < -0.39 is 0 Å². The Bertz CT molecular complexity index is 980. The van der Waals surface area contributed by atoms with Crippen LogP contribution in [0.4, 0.5) is 5.69 Å². The van der Waals surface area contributed by atoms with Gasteiger partial charge in [-0.15, -0.1) is 11.8 Å². The molecule has 150 valence electrons. The summed E-state index contributed by atoms with van der Waals surface area (Å²) >= 11 is 1.54. The summed E-state index contributed by atoms with van der Waals surface area (Å²) < 4.78 is 10.8. The van der Waals surface area contributed by atoms with Gasteiger partial charge in [-0.25, -0.2) is 0 Å². The van der Waals surface area contributed by atoms with Crippen molar-refractivity contribution in [1.29, 1.82) is 5.26 Å². The number of benzene rings is 2. The van der Waals surface area contributed by atoms with Gasteiger partial charge in [-0.05, 0) is 36.6 Å². The molecular formula is C21H21N3O4S. The van der Waals surface area contributed by atoms with E-state index in [1.165, 1.54) is 14.2 Å². The lowest BCUT2D eigenvalue weighted by Gasteiger charge is -2.35. The molecule has 0 radical (unpaired) electrons. The average Bonchev–Trinajstić information content (AvgIpc) is 2.72. The number of carbonyl (C=O) groups is 2. The Kier molecular flexibility index (Phi) is 6.29. The zero-order valence-corrected chi connectivity index (χ0v) is 17.2. The van der Waals surface area contributed by atoms with Crippen molar-refractivity contribution >= 4 is 29.3 Å². The standard InChI is InChI=1S/C21H21N3O4S/c1-27-18-9-15(21(26)24-11-13(10-22)12-24)8-17(19(18)28-2)23-20(25)14-5-4-6-16(7-14)29-3/h4-9,13H,11-12H2,1-3H3,(H,23,25). The Morgan fingerprint density at radius 3 is 2.55 bits per heavy atom. The van der Waals surface area contributed by atoms with Gasteiger partial charge in [0.25, 0.3) is 11.8 Å². The third-order valence-corrected chi connectivity index (χ3v) is 5.38. The first-order valence-corrected chi connectivity index (χ1v) is 10.1. The Hall–Kier alpha value is -3.18. The number of methoxy groups -OCH3 is 2. The van der Waals surface area contributed by atoms with Gasteiger partial charge in [0.1, 0.15) is 0 Å². The predicted molar refractivity (Wildman–Crippen MR) is 111 cm³/mol. The van der Waals surface area contributed by atoms with E-state index in [2.05, 4.69) is 11.4 Å². The van der Waals surface area contributed by atoms with Gasteiger partial charge in [-0.2, -0.15) is 5.26 Å². The fourth-order valence-electron chi connectivity index (χ4n) is 3.05. The third-order valence-electron chi connectivity index (χ3n) is 4.66. The fourth-order valence-corrected chi connectivity index (χ4v) is 3.51. The van der Waals surface area contributed by atoms with Crippen molar-refractivity contribution in [1.82, 2.24) is 4.90 Å². The first kappa shape index (κ1) is 20.6. The second-order valence-corrected chi connectivity index (χ2v) is 7.36. The van der Waals surface area contributed by atoms with Crippen LogP contribution in [0.3, 0.4) is 0 Å². The van der Waals surface area contributed by atoms with Crippen LogP contribution < -0.4 is 14.8 Å². The number of ether oxygens (including phenoxy) is 2. The Morgan fingerprint density at radius 1 is 1.17 bits per heavy atom. The lowest BCUT2D eigenvalue weighted by atomic mass is 10.0. The summed E-state index contributed by atoms with van der Waals surface area (Å²) in [6, 6.07) is 12.5. The molecule has 0 saturated carbocycles. The second kappa shape index (κ2) is 8.88. The number of hydrogen-bond acceptors (Lipinski definition) is 6. The van der Waals surface area contributed by atoms with Crippen molar-refractivity contribution in [3.05, 3.63) is 47.5 Å². The quantitative estimate of drug-likeness (QED) is 0.734. The SMILES string of the molecule is COc1cc(C(=O)N2CC(C#N)C2)cc(NC(=O)c2cccc(SC)c2)c1OC. The van der Waals surface area contributed by atoms with Gasteiger partial charge in [-0.1, -0.05) is 6.07 Å². The van der Waals surface area contributed by atoms with Crippen LogP contribution in [-0.4, -0.2) is 50.3 Å². The number of carbonyl (C=O) groups excluding carboxylic acids is 2. The maximum Gasteiger partial charge on any atom is 0.255 e. The molecule has 1 heterocycles. The van der Waals surface area contributed by atoms with Crippen LogP contribution in [0.2, 0.25) is 0 Å². The lowest BCUT2D eigenvalue weighted by Crippen LogP contribution is -2.49. The number of nitrogens with zero attached hydrogens (tertiary/aromatic N) is 2. The summed E-state index contributed by atoms with van der Waals surface area (Å²) in [4.78, 5) is 28.1. The minimum atomic E-state index is -0.320. The van der Waals surface area contributed by atoms with Crippen LogP contribution in [0, 0.1) is 17.2 Å². The molecule has 1 aliphatic heterocycles. The van der Waals surface area contributed by atoms with E-state index in [4.69, 9.17) is 14.7 Å². The number of anilines is 1. The van der Waals surface area contributed by atoms with Crippen LogP contribution in [0.15, 0.2) is 41.3 Å². The van der Waals surface area contributed by atoms with Crippen LogP contribution in [-0.2, 0) is 0 Å². The van der Waals surface area contributed by atoms with E-state index >= 15 is 0 Å². The molecule has 2 amide bonds. The number of rotatable bonds is 6. The molecule has 1 fully saturated rings. The van der Waals surface area contributed by atoms with Gasteiger partial charge >= 0.3 is 0 Å². The summed E-state index contributed by atoms with van der Waals surface area (Å²) in [6.45, 7) is 0.791. The molecule has 0 bridgehead atoms. The molecule has 1 saturated heterocycles.